The van der Waals surface area contributed by atoms with E-state index in [1.807, 2.05) is 54.6 Å². The maximum Gasteiger partial charge on any atom is 0.298 e. The van der Waals surface area contributed by atoms with Crippen LogP contribution in [0.15, 0.2) is 67.1 Å². The Morgan fingerprint density at radius 2 is 1.94 bits per heavy atom. The predicted molar refractivity (Wildman–Crippen MR) is 123 cm³/mol. The molecule has 0 saturated carbocycles. The lowest BCUT2D eigenvalue weighted by Crippen LogP contribution is -2.53. The summed E-state index contributed by atoms with van der Waals surface area (Å²) < 4.78 is 5.82. The molecule has 1 amide bonds. The molecule has 2 heterocycles. The number of likely N-dealkylation sites (tertiary alicyclic amines) is 1. The first kappa shape index (κ1) is 21.1. The number of aromatic nitrogens is 2. The molecule has 7 heteroatoms. The zero-order valence-electron chi connectivity index (χ0n) is 17.7. The van der Waals surface area contributed by atoms with Crippen LogP contribution in [-0.4, -0.2) is 45.6 Å². The summed E-state index contributed by atoms with van der Waals surface area (Å²) in [5.74, 6) is 7.10. The first-order valence-corrected chi connectivity index (χ1v) is 10.3. The molecule has 0 unspecified atom stereocenters. The van der Waals surface area contributed by atoms with Crippen LogP contribution < -0.4 is 10.1 Å². The second kappa shape index (κ2) is 9.75. The van der Waals surface area contributed by atoms with Gasteiger partial charge in [-0.2, -0.15) is 0 Å². The zero-order chi connectivity index (χ0) is 22.3. The largest absolute Gasteiger partial charge is 0.457 e. The van der Waals surface area contributed by atoms with Gasteiger partial charge in [0.25, 0.3) is 5.91 Å². The molecular weight excluding hydrogens is 402 g/mol. The quantitative estimate of drug-likeness (QED) is 0.445. The Balaban J connectivity index is 1.43. The lowest BCUT2D eigenvalue weighted by Gasteiger charge is -2.39. The molecule has 160 valence electrons. The van der Waals surface area contributed by atoms with E-state index in [1.54, 1.807) is 18.0 Å². The second-order valence-corrected chi connectivity index (χ2v) is 7.30. The average Bonchev–Trinajstić information content (AvgIpc) is 2.80. The lowest BCUT2D eigenvalue weighted by atomic mass is 10.0. The highest BCUT2D eigenvalue weighted by atomic mass is 16.5. The molecule has 4 rings (SSSR count). The van der Waals surface area contributed by atoms with Crippen molar-refractivity contribution >= 4 is 17.4 Å². The number of hydrogen-bond donors (Lipinski definition) is 2. The van der Waals surface area contributed by atoms with E-state index in [-0.39, 0.29) is 11.9 Å². The van der Waals surface area contributed by atoms with Gasteiger partial charge in [-0.15, -0.1) is 0 Å². The summed E-state index contributed by atoms with van der Waals surface area (Å²) in [5, 5.41) is 11.9. The van der Waals surface area contributed by atoms with Crippen LogP contribution in [0, 0.1) is 17.3 Å². The number of ether oxygens (including phenoxy) is 1. The van der Waals surface area contributed by atoms with Crippen LogP contribution >= 0.6 is 0 Å². The Labute approximate surface area is 187 Å². The van der Waals surface area contributed by atoms with Gasteiger partial charge in [0.05, 0.1) is 17.3 Å². The van der Waals surface area contributed by atoms with E-state index in [2.05, 4.69) is 27.1 Å². The van der Waals surface area contributed by atoms with Crippen molar-refractivity contribution in [1.82, 2.24) is 14.9 Å². The van der Waals surface area contributed by atoms with Crippen molar-refractivity contribution < 1.29 is 9.53 Å². The maximum atomic E-state index is 12.0. The first-order valence-electron chi connectivity index (χ1n) is 10.3. The van der Waals surface area contributed by atoms with Crippen molar-refractivity contribution in [3.8, 4) is 23.3 Å². The molecule has 2 N–H and O–H groups in total. The molecule has 1 fully saturated rings. The van der Waals surface area contributed by atoms with Crippen LogP contribution in [-0.2, 0) is 4.79 Å². The monoisotopic (exact) mass is 425 g/mol. The fraction of sp³-hybridized carbons (Fsp3) is 0.200. The first-order chi connectivity index (χ1) is 15.7. The van der Waals surface area contributed by atoms with E-state index >= 15 is 0 Å². The van der Waals surface area contributed by atoms with Crippen molar-refractivity contribution in [2.45, 2.75) is 19.4 Å². The van der Waals surface area contributed by atoms with Gasteiger partial charge in [-0.25, -0.2) is 9.97 Å². The van der Waals surface area contributed by atoms with Crippen LogP contribution in [0.5, 0.6) is 11.5 Å². The molecule has 1 atom stereocenters. The topological polar surface area (TPSA) is 91.2 Å². The van der Waals surface area contributed by atoms with Crippen LogP contribution in [0.3, 0.4) is 0 Å². The smallest absolute Gasteiger partial charge is 0.298 e. The summed E-state index contributed by atoms with van der Waals surface area (Å²) in [6, 6.07) is 17.0. The Hall–Kier alpha value is -4.18. The SMILES string of the molecule is CC#CC(=O)N1CC[C@@H]1CNc1ncncc1C(=N)c1ccc(Oc2ccccc2)cc1. The molecule has 0 spiro atoms. The van der Waals surface area contributed by atoms with E-state index in [1.165, 1.54) is 6.33 Å². The van der Waals surface area contributed by atoms with Crippen LogP contribution in [0.4, 0.5) is 5.82 Å². The van der Waals surface area contributed by atoms with Crippen molar-refractivity contribution in [2.24, 2.45) is 0 Å². The fourth-order valence-electron chi connectivity index (χ4n) is 3.44. The van der Waals surface area contributed by atoms with E-state index in [4.69, 9.17) is 10.1 Å². The average molecular weight is 425 g/mol. The van der Waals surface area contributed by atoms with Crippen molar-refractivity contribution in [2.75, 3.05) is 18.4 Å². The summed E-state index contributed by atoms with van der Waals surface area (Å²) in [5.41, 5.74) is 1.62. The molecule has 3 aromatic rings. The van der Waals surface area contributed by atoms with Crippen molar-refractivity contribution in [1.29, 1.82) is 5.41 Å². The second-order valence-electron chi connectivity index (χ2n) is 7.30. The summed E-state index contributed by atoms with van der Waals surface area (Å²) >= 11 is 0. The number of nitrogens with zero attached hydrogens (tertiary/aromatic N) is 3. The van der Waals surface area contributed by atoms with Crippen molar-refractivity contribution in [3.05, 3.63) is 78.2 Å². The Bertz CT molecular complexity index is 1170. The van der Waals surface area contributed by atoms with Gasteiger partial charge in [-0.1, -0.05) is 24.1 Å². The van der Waals surface area contributed by atoms with Crippen molar-refractivity contribution in [3.63, 3.8) is 0 Å². The molecule has 2 aromatic carbocycles. The fourth-order valence-corrected chi connectivity index (χ4v) is 3.44. The minimum Gasteiger partial charge on any atom is -0.457 e. The van der Waals surface area contributed by atoms with E-state index in [9.17, 15) is 4.79 Å². The minimum atomic E-state index is -0.154. The van der Waals surface area contributed by atoms with Crippen LogP contribution in [0.25, 0.3) is 0 Å². The van der Waals surface area contributed by atoms with E-state index in [0.717, 1.165) is 17.7 Å². The van der Waals surface area contributed by atoms with Gasteiger partial charge < -0.3 is 15.0 Å². The van der Waals surface area contributed by atoms with Gasteiger partial charge in [0.15, 0.2) is 0 Å². The third-order valence-corrected chi connectivity index (χ3v) is 5.25. The molecule has 0 radical (unpaired) electrons. The Morgan fingerprint density at radius 1 is 1.19 bits per heavy atom. The number of benzene rings is 2. The summed E-state index contributed by atoms with van der Waals surface area (Å²) in [7, 11) is 0. The number of para-hydroxylation sites is 1. The number of carbonyl (C=O) groups excluding carboxylic acids is 1. The normalized spacial score (nSPS) is 14.5. The van der Waals surface area contributed by atoms with Gasteiger partial charge in [0, 0.05) is 24.8 Å². The van der Waals surface area contributed by atoms with Gasteiger partial charge in [-0.3, -0.25) is 10.2 Å². The Kier molecular flexibility index (Phi) is 6.42. The van der Waals surface area contributed by atoms with Crippen LogP contribution in [0.2, 0.25) is 0 Å². The summed E-state index contributed by atoms with van der Waals surface area (Å²) in [4.78, 5) is 22.2. The number of amides is 1. The number of rotatable bonds is 7. The zero-order valence-corrected chi connectivity index (χ0v) is 17.7. The minimum absolute atomic E-state index is 0.0646. The third-order valence-electron chi connectivity index (χ3n) is 5.25. The highest BCUT2D eigenvalue weighted by Crippen LogP contribution is 2.24. The van der Waals surface area contributed by atoms with Gasteiger partial charge >= 0.3 is 0 Å². The molecule has 0 aliphatic carbocycles. The molecule has 1 aliphatic heterocycles. The van der Waals surface area contributed by atoms with Crippen LogP contribution in [0.1, 0.15) is 24.5 Å². The van der Waals surface area contributed by atoms with Gasteiger partial charge in [0.2, 0.25) is 0 Å². The number of nitrogens with one attached hydrogen (secondary N) is 2. The highest BCUT2D eigenvalue weighted by Gasteiger charge is 2.31. The molecule has 1 aliphatic rings. The van der Waals surface area contributed by atoms with E-state index in [0.29, 0.717) is 35.9 Å². The predicted octanol–water partition coefficient (Wildman–Crippen LogP) is 3.72. The third kappa shape index (κ3) is 4.76. The lowest BCUT2D eigenvalue weighted by molar-refractivity contribution is -0.131. The molecule has 1 aromatic heterocycles. The molecular formula is C25H23N5O2. The number of anilines is 1. The highest BCUT2D eigenvalue weighted by molar-refractivity contribution is 6.13. The molecule has 1 saturated heterocycles. The van der Waals surface area contributed by atoms with Gasteiger partial charge in [0.1, 0.15) is 23.6 Å². The maximum absolute atomic E-state index is 12.0. The Morgan fingerprint density at radius 3 is 2.62 bits per heavy atom. The van der Waals surface area contributed by atoms with E-state index < -0.39 is 0 Å². The standard InChI is InChI=1S/C25H23N5O2/c1-2-6-23(31)30-14-13-19(30)15-28-25-22(16-27-17-29-25)24(26)18-9-11-21(12-10-18)32-20-7-4-3-5-8-20/h3-5,7-12,16-17,19,26H,13-15H2,1H3,(H,27,28,29)/t19-/m1/s1. The summed E-state index contributed by atoms with van der Waals surface area (Å²) in [6.45, 7) is 2.91. The molecule has 32 heavy (non-hydrogen) atoms. The van der Waals surface area contributed by atoms with Gasteiger partial charge in [-0.05, 0) is 55.7 Å². The molecule has 7 nitrogen and oxygen atoms in total. The number of carbonyl (C=O) groups is 1. The summed E-state index contributed by atoms with van der Waals surface area (Å²) in [6.07, 6.45) is 3.98. The molecule has 0 bridgehead atoms. The number of hydrogen-bond acceptors (Lipinski definition) is 6.